The Balaban J connectivity index is 1.53. The summed E-state index contributed by atoms with van der Waals surface area (Å²) in [6.45, 7) is 9.58. The maximum Gasteiger partial charge on any atom is 0.410 e. The van der Waals surface area contributed by atoms with Gasteiger partial charge in [0.1, 0.15) is 29.6 Å². The minimum absolute atomic E-state index is 0.0168. The van der Waals surface area contributed by atoms with E-state index in [0.717, 1.165) is 0 Å². The van der Waals surface area contributed by atoms with Crippen molar-refractivity contribution < 1.29 is 28.2 Å². The molecule has 0 aliphatic carbocycles. The van der Waals surface area contributed by atoms with Crippen molar-refractivity contribution in [3.63, 3.8) is 0 Å². The summed E-state index contributed by atoms with van der Waals surface area (Å²) >= 11 is 0. The summed E-state index contributed by atoms with van der Waals surface area (Å²) in [5.74, 6) is 0.00766. The maximum atomic E-state index is 14.7. The molecule has 1 N–H and O–H groups in total. The Kier molecular flexibility index (Phi) is 4.55. The molecule has 0 aromatic heterocycles. The molecule has 1 unspecified atom stereocenters. The van der Waals surface area contributed by atoms with Crippen LogP contribution in [0.15, 0.2) is 17.2 Å². The van der Waals surface area contributed by atoms with Gasteiger partial charge in [-0.05, 0) is 34.6 Å². The van der Waals surface area contributed by atoms with Gasteiger partial charge in [0, 0.05) is 12.1 Å². The molecular weight excluding hydrogens is 395 g/mol. The van der Waals surface area contributed by atoms with Crippen molar-refractivity contribution in [3.05, 3.63) is 17.9 Å². The molecule has 0 spiro atoms. The van der Waals surface area contributed by atoms with Crippen molar-refractivity contribution in [1.29, 1.82) is 0 Å². The third-order valence-corrected chi connectivity index (χ3v) is 5.03. The molecule has 1 saturated heterocycles. The average Bonchev–Trinajstić information content (AvgIpc) is 2.61. The summed E-state index contributed by atoms with van der Waals surface area (Å²) in [5, 5.41) is 4.02. The van der Waals surface area contributed by atoms with E-state index in [2.05, 4.69) is 10.5 Å². The van der Waals surface area contributed by atoms with Gasteiger partial charge < -0.3 is 24.0 Å². The first-order valence-electron chi connectivity index (χ1n) is 9.75. The highest BCUT2D eigenvalue weighted by atomic mass is 19.1. The van der Waals surface area contributed by atoms with E-state index in [0.29, 0.717) is 17.3 Å². The van der Waals surface area contributed by atoms with Crippen LogP contribution in [-0.2, 0) is 9.53 Å². The number of carbonyl (C=O) groups is 2. The van der Waals surface area contributed by atoms with Crippen LogP contribution in [0, 0.1) is 5.82 Å². The standard InChI is InChI=1S/C20H25FN4O5/c1-11-17(26)23-22-16-8-28-15-6-12(21)14(7-13(15)25(11)16)29-20(5)9-24(10-20)18(27)30-19(2,3)4/h6-7,11H,8-10H2,1-5H3,(H,23,26). The van der Waals surface area contributed by atoms with Crippen molar-refractivity contribution in [3.8, 4) is 11.5 Å². The zero-order chi connectivity index (χ0) is 21.8. The summed E-state index contributed by atoms with van der Waals surface area (Å²) in [5.41, 5.74) is 1.60. The number of rotatable bonds is 2. The lowest BCUT2D eigenvalue weighted by Crippen LogP contribution is -2.65. The van der Waals surface area contributed by atoms with E-state index >= 15 is 0 Å². The van der Waals surface area contributed by atoms with Crippen LogP contribution in [0.4, 0.5) is 14.9 Å². The fourth-order valence-corrected chi connectivity index (χ4v) is 3.65. The van der Waals surface area contributed by atoms with Crippen LogP contribution in [0.2, 0.25) is 0 Å². The number of halogens is 1. The second kappa shape index (κ2) is 6.75. The van der Waals surface area contributed by atoms with Crippen LogP contribution < -0.4 is 19.8 Å². The first-order valence-corrected chi connectivity index (χ1v) is 9.75. The molecule has 10 heteroatoms. The van der Waals surface area contributed by atoms with E-state index in [1.807, 2.05) is 0 Å². The molecule has 1 atom stereocenters. The molecule has 2 amide bonds. The number of amidine groups is 1. The Hall–Kier alpha value is -3.04. The summed E-state index contributed by atoms with van der Waals surface area (Å²) < 4.78 is 31.6. The minimum Gasteiger partial charge on any atom is -0.483 e. The lowest BCUT2D eigenvalue weighted by molar-refractivity contribution is -0.122. The van der Waals surface area contributed by atoms with Gasteiger partial charge >= 0.3 is 6.09 Å². The van der Waals surface area contributed by atoms with E-state index in [4.69, 9.17) is 14.2 Å². The van der Waals surface area contributed by atoms with E-state index in [1.54, 1.807) is 39.5 Å². The third-order valence-electron chi connectivity index (χ3n) is 5.03. The van der Waals surface area contributed by atoms with Gasteiger partial charge in [0.05, 0.1) is 18.8 Å². The zero-order valence-electron chi connectivity index (χ0n) is 17.6. The van der Waals surface area contributed by atoms with Crippen LogP contribution in [0.1, 0.15) is 34.6 Å². The second-order valence-electron chi connectivity index (χ2n) is 8.98. The molecule has 4 rings (SSSR count). The SMILES string of the molecule is CC1C(=O)NN=C2COc3cc(F)c(OC4(C)CN(C(=O)OC(C)(C)C)C4)cc3N21. The molecule has 0 bridgehead atoms. The van der Waals surface area contributed by atoms with Crippen LogP contribution in [0.3, 0.4) is 0 Å². The van der Waals surface area contributed by atoms with Gasteiger partial charge in [-0.15, -0.1) is 0 Å². The predicted molar refractivity (Wildman–Crippen MR) is 106 cm³/mol. The summed E-state index contributed by atoms with van der Waals surface area (Å²) in [6, 6.07) is 2.23. The van der Waals surface area contributed by atoms with Crippen molar-refractivity contribution in [2.24, 2.45) is 5.10 Å². The molecule has 1 aromatic rings. The highest BCUT2D eigenvalue weighted by Gasteiger charge is 2.46. The highest BCUT2D eigenvalue weighted by Crippen LogP contribution is 2.41. The first kappa shape index (κ1) is 20.2. The average molecular weight is 420 g/mol. The maximum absolute atomic E-state index is 14.7. The Morgan fingerprint density at radius 2 is 2.07 bits per heavy atom. The number of hydrogen-bond donors (Lipinski definition) is 1. The molecule has 3 aliphatic heterocycles. The van der Waals surface area contributed by atoms with Gasteiger partial charge in [-0.1, -0.05) is 0 Å². The number of fused-ring (bicyclic) bond motifs is 3. The van der Waals surface area contributed by atoms with Gasteiger partial charge in [0.25, 0.3) is 5.91 Å². The van der Waals surface area contributed by atoms with Gasteiger partial charge in [-0.2, -0.15) is 5.10 Å². The van der Waals surface area contributed by atoms with Gasteiger partial charge in [-0.3, -0.25) is 4.79 Å². The Bertz CT molecular complexity index is 936. The van der Waals surface area contributed by atoms with Crippen LogP contribution in [0.25, 0.3) is 0 Å². The molecule has 0 saturated carbocycles. The lowest BCUT2D eigenvalue weighted by atomic mass is 9.97. The van der Waals surface area contributed by atoms with E-state index < -0.39 is 29.2 Å². The summed E-state index contributed by atoms with van der Waals surface area (Å²) in [4.78, 5) is 27.4. The monoisotopic (exact) mass is 420 g/mol. The van der Waals surface area contributed by atoms with Gasteiger partial charge in [0.2, 0.25) is 0 Å². The zero-order valence-corrected chi connectivity index (χ0v) is 17.6. The number of ether oxygens (including phenoxy) is 3. The lowest BCUT2D eigenvalue weighted by Gasteiger charge is -2.47. The normalized spacial score (nSPS) is 22.0. The summed E-state index contributed by atoms with van der Waals surface area (Å²) in [6.07, 6.45) is -0.433. The number of carbonyl (C=O) groups excluding carboxylic acids is 2. The summed E-state index contributed by atoms with van der Waals surface area (Å²) in [7, 11) is 0. The molecule has 0 radical (unpaired) electrons. The third kappa shape index (κ3) is 3.61. The van der Waals surface area contributed by atoms with E-state index in [9.17, 15) is 14.0 Å². The smallest absolute Gasteiger partial charge is 0.410 e. The molecule has 162 valence electrons. The number of anilines is 1. The van der Waals surface area contributed by atoms with Crippen LogP contribution in [0.5, 0.6) is 11.5 Å². The quantitative estimate of drug-likeness (QED) is 0.789. The second-order valence-corrected chi connectivity index (χ2v) is 8.98. The van der Waals surface area contributed by atoms with Gasteiger partial charge in [-0.25, -0.2) is 14.6 Å². The number of nitrogens with zero attached hydrogens (tertiary/aromatic N) is 3. The number of hydrazone groups is 1. The number of benzene rings is 1. The Labute approximate surface area is 173 Å². The van der Waals surface area contributed by atoms with Crippen LogP contribution in [-0.4, -0.2) is 59.7 Å². The number of hydrogen-bond acceptors (Lipinski definition) is 7. The first-order chi connectivity index (χ1) is 14.0. The van der Waals surface area contributed by atoms with Crippen molar-refractivity contribution >= 4 is 23.5 Å². The Morgan fingerprint density at radius 1 is 1.37 bits per heavy atom. The number of nitrogens with one attached hydrogen (secondary N) is 1. The molecule has 3 aliphatic rings. The highest BCUT2D eigenvalue weighted by molar-refractivity contribution is 6.09. The molecule has 3 heterocycles. The fraction of sp³-hybridized carbons (Fsp3) is 0.550. The van der Waals surface area contributed by atoms with Crippen molar-refractivity contribution in [1.82, 2.24) is 10.3 Å². The largest absolute Gasteiger partial charge is 0.483 e. The topological polar surface area (TPSA) is 92.7 Å². The molecule has 1 aromatic carbocycles. The van der Waals surface area contributed by atoms with E-state index in [-0.39, 0.29) is 31.4 Å². The van der Waals surface area contributed by atoms with Crippen LogP contribution >= 0.6 is 0 Å². The minimum atomic E-state index is -0.761. The number of amides is 2. The molecular formula is C20H25FN4O5. The van der Waals surface area contributed by atoms with E-state index in [1.165, 1.54) is 17.0 Å². The number of likely N-dealkylation sites (tertiary alicyclic amines) is 1. The molecule has 30 heavy (non-hydrogen) atoms. The molecule has 9 nitrogen and oxygen atoms in total. The van der Waals surface area contributed by atoms with Crippen molar-refractivity contribution in [2.75, 3.05) is 24.6 Å². The predicted octanol–water partition coefficient (Wildman–Crippen LogP) is 2.24. The Morgan fingerprint density at radius 3 is 2.73 bits per heavy atom. The van der Waals surface area contributed by atoms with Gasteiger partial charge in [0.15, 0.2) is 17.4 Å². The molecule has 1 fully saturated rings. The fourth-order valence-electron chi connectivity index (χ4n) is 3.65. The van der Waals surface area contributed by atoms with Crippen molar-refractivity contribution in [2.45, 2.75) is 51.9 Å².